The van der Waals surface area contributed by atoms with E-state index in [1.165, 1.54) is 0 Å². The van der Waals surface area contributed by atoms with Crippen molar-refractivity contribution in [2.24, 2.45) is 0 Å². The maximum atomic E-state index is 11.6. The van der Waals surface area contributed by atoms with E-state index in [0.29, 0.717) is 34.6 Å². The van der Waals surface area contributed by atoms with Crippen molar-refractivity contribution in [3.63, 3.8) is 0 Å². The van der Waals surface area contributed by atoms with Gasteiger partial charge in [-0.1, -0.05) is 34.8 Å². The molecule has 0 radical (unpaired) electrons. The van der Waals surface area contributed by atoms with Crippen molar-refractivity contribution in [2.45, 2.75) is 39.3 Å². The Kier molecular flexibility index (Phi) is 6.59. The highest BCUT2D eigenvalue weighted by molar-refractivity contribution is 6.44. The van der Waals surface area contributed by atoms with Gasteiger partial charge in [-0.2, -0.15) is 0 Å². The molecule has 0 bridgehead atoms. The summed E-state index contributed by atoms with van der Waals surface area (Å²) in [5.74, 6) is 0.00767. The van der Waals surface area contributed by atoms with Crippen LogP contribution < -0.4 is 10.6 Å². The zero-order valence-electron chi connectivity index (χ0n) is 11.8. The van der Waals surface area contributed by atoms with Gasteiger partial charge in [-0.15, -0.1) is 0 Å². The summed E-state index contributed by atoms with van der Waals surface area (Å²) in [7, 11) is 0. The molecule has 1 aromatic carbocycles. The van der Waals surface area contributed by atoms with Gasteiger partial charge in [-0.3, -0.25) is 4.79 Å². The van der Waals surface area contributed by atoms with Crippen LogP contribution in [-0.4, -0.2) is 18.0 Å². The molecule has 0 atom stereocenters. The summed E-state index contributed by atoms with van der Waals surface area (Å²) >= 11 is 18.1. The minimum absolute atomic E-state index is 0.00767. The number of benzene rings is 1. The highest BCUT2D eigenvalue weighted by atomic mass is 35.5. The van der Waals surface area contributed by atoms with E-state index in [1.807, 2.05) is 20.8 Å². The van der Waals surface area contributed by atoms with Crippen LogP contribution >= 0.6 is 34.8 Å². The minimum Gasteiger partial charge on any atom is -0.351 e. The molecular formula is C14H19Cl3N2O. The lowest BCUT2D eigenvalue weighted by Gasteiger charge is -2.20. The first-order valence-electron chi connectivity index (χ1n) is 6.35. The number of hydrogen-bond acceptors (Lipinski definition) is 2. The summed E-state index contributed by atoms with van der Waals surface area (Å²) in [5.41, 5.74) is 0.536. The number of carbonyl (C=O) groups is 1. The van der Waals surface area contributed by atoms with Crippen LogP contribution in [-0.2, 0) is 11.3 Å². The molecule has 0 saturated carbocycles. The van der Waals surface area contributed by atoms with Gasteiger partial charge in [0.2, 0.25) is 5.91 Å². The Morgan fingerprint density at radius 2 is 1.75 bits per heavy atom. The first kappa shape index (κ1) is 17.6. The van der Waals surface area contributed by atoms with Crippen LogP contribution in [0, 0.1) is 0 Å². The van der Waals surface area contributed by atoms with E-state index in [4.69, 9.17) is 34.8 Å². The zero-order chi connectivity index (χ0) is 15.3. The molecule has 1 aromatic rings. The topological polar surface area (TPSA) is 41.1 Å². The molecule has 6 heteroatoms. The molecule has 1 amide bonds. The molecule has 3 nitrogen and oxygen atoms in total. The van der Waals surface area contributed by atoms with Crippen molar-refractivity contribution < 1.29 is 4.79 Å². The lowest BCUT2D eigenvalue weighted by atomic mass is 10.1. The fraction of sp³-hybridized carbons (Fsp3) is 0.500. The molecule has 2 N–H and O–H groups in total. The third-order valence-electron chi connectivity index (χ3n) is 2.48. The highest BCUT2D eigenvalue weighted by Crippen LogP contribution is 2.31. The SMILES string of the molecule is CC(C)(C)NC(=O)CCNCc1c(Cl)ccc(Cl)c1Cl. The van der Waals surface area contributed by atoms with E-state index in [0.717, 1.165) is 5.56 Å². The number of hydrogen-bond donors (Lipinski definition) is 2. The fourth-order valence-corrected chi connectivity index (χ4v) is 2.31. The average Bonchev–Trinajstić information content (AvgIpc) is 2.31. The van der Waals surface area contributed by atoms with Gasteiger partial charge in [-0.25, -0.2) is 0 Å². The van der Waals surface area contributed by atoms with E-state index >= 15 is 0 Å². The van der Waals surface area contributed by atoms with Crippen molar-refractivity contribution in [3.8, 4) is 0 Å². The largest absolute Gasteiger partial charge is 0.351 e. The Labute approximate surface area is 135 Å². The highest BCUT2D eigenvalue weighted by Gasteiger charge is 2.13. The Balaban J connectivity index is 2.43. The van der Waals surface area contributed by atoms with Crippen molar-refractivity contribution in [2.75, 3.05) is 6.54 Å². The molecule has 0 spiro atoms. The zero-order valence-corrected chi connectivity index (χ0v) is 14.1. The molecule has 0 aliphatic carbocycles. The fourth-order valence-electron chi connectivity index (χ4n) is 1.63. The third kappa shape index (κ3) is 5.88. The summed E-state index contributed by atoms with van der Waals surface area (Å²) < 4.78 is 0. The van der Waals surface area contributed by atoms with Crippen molar-refractivity contribution in [3.05, 3.63) is 32.8 Å². The van der Waals surface area contributed by atoms with Gasteiger partial charge in [0.25, 0.3) is 0 Å². The van der Waals surface area contributed by atoms with E-state index in [9.17, 15) is 4.79 Å². The lowest BCUT2D eigenvalue weighted by Crippen LogP contribution is -2.41. The monoisotopic (exact) mass is 336 g/mol. The first-order chi connectivity index (χ1) is 9.20. The molecule has 0 unspecified atom stereocenters. The molecule has 0 aromatic heterocycles. The first-order valence-corrected chi connectivity index (χ1v) is 7.48. The molecule has 1 rings (SSSR count). The van der Waals surface area contributed by atoms with Crippen LogP contribution in [0.1, 0.15) is 32.8 Å². The Morgan fingerprint density at radius 3 is 2.35 bits per heavy atom. The number of amides is 1. The van der Waals surface area contributed by atoms with Crippen molar-refractivity contribution in [1.82, 2.24) is 10.6 Å². The minimum atomic E-state index is -0.212. The summed E-state index contributed by atoms with van der Waals surface area (Å²) in [6, 6.07) is 3.37. The van der Waals surface area contributed by atoms with Crippen LogP contribution in [0.4, 0.5) is 0 Å². The number of nitrogens with one attached hydrogen (secondary N) is 2. The van der Waals surface area contributed by atoms with Crippen molar-refractivity contribution >= 4 is 40.7 Å². The van der Waals surface area contributed by atoms with Gasteiger partial charge in [0.05, 0.1) is 10.0 Å². The second-order valence-corrected chi connectivity index (χ2v) is 6.74. The van der Waals surface area contributed by atoms with Crippen LogP contribution in [0.25, 0.3) is 0 Å². The summed E-state index contributed by atoms with van der Waals surface area (Å²) in [4.78, 5) is 11.6. The summed E-state index contributed by atoms with van der Waals surface area (Å²) in [6.45, 7) is 6.86. The average molecular weight is 338 g/mol. The molecular weight excluding hydrogens is 319 g/mol. The summed E-state index contributed by atoms with van der Waals surface area (Å²) in [5, 5.41) is 7.52. The second-order valence-electron chi connectivity index (χ2n) is 5.55. The van der Waals surface area contributed by atoms with Crippen LogP contribution in [0.3, 0.4) is 0 Å². The molecule has 0 aliphatic rings. The smallest absolute Gasteiger partial charge is 0.221 e. The molecule has 0 aliphatic heterocycles. The van der Waals surface area contributed by atoms with E-state index in [1.54, 1.807) is 12.1 Å². The summed E-state index contributed by atoms with van der Waals surface area (Å²) in [6.07, 6.45) is 0.396. The van der Waals surface area contributed by atoms with E-state index in [2.05, 4.69) is 10.6 Å². The van der Waals surface area contributed by atoms with Crippen molar-refractivity contribution in [1.29, 1.82) is 0 Å². The van der Waals surface area contributed by atoms with Gasteiger partial charge >= 0.3 is 0 Å². The lowest BCUT2D eigenvalue weighted by molar-refractivity contribution is -0.122. The molecule has 0 saturated heterocycles. The molecule has 20 heavy (non-hydrogen) atoms. The van der Waals surface area contributed by atoms with E-state index in [-0.39, 0.29) is 11.4 Å². The maximum absolute atomic E-state index is 11.6. The molecule has 112 valence electrons. The van der Waals surface area contributed by atoms with Crippen LogP contribution in [0.15, 0.2) is 12.1 Å². The van der Waals surface area contributed by atoms with E-state index < -0.39 is 0 Å². The van der Waals surface area contributed by atoms with Gasteiger partial charge in [0.1, 0.15) is 0 Å². The second kappa shape index (κ2) is 7.51. The quantitative estimate of drug-likeness (QED) is 0.629. The van der Waals surface area contributed by atoms with Crippen LogP contribution in [0.5, 0.6) is 0 Å². The Hall–Kier alpha value is -0.480. The van der Waals surface area contributed by atoms with Crippen LogP contribution in [0.2, 0.25) is 15.1 Å². The van der Waals surface area contributed by atoms with Gasteiger partial charge in [0, 0.05) is 35.6 Å². The number of carbonyl (C=O) groups excluding carboxylic acids is 1. The third-order valence-corrected chi connectivity index (χ3v) is 3.68. The normalized spacial score (nSPS) is 11.5. The van der Waals surface area contributed by atoms with Gasteiger partial charge in [0.15, 0.2) is 0 Å². The number of halogens is 3. The predicted molar refractivity (Wildman–Crippen MR) is 85.7 cm³/mol. The number of rotatable bonds is 5. The maximum Gasteiger partial charge on any atom is 0.221 e. The molecule has 0 fully saturated rings. The Bertz CT molecular complexity index is 484. The van der Waals surface area contributed by atoms with Gasteiger partial charge in [-0.05, 0) is 32.9 Å². The van der Waals surface area contributed by atoms with Gasteiger partial charge < -0.3 is 10.6 Å². The molecule has 0 heterocycles. The Morgan fingerprint density at radius 1 is 1.15 bits per heavy atom. The standard InChI is InChI=1S/C14H19Cl3N2O/c1-14(2,3)19-12(20)6-7-18-8-9-10(15)4-5-11(16)13(9)17/h4-5,18H,6-8H2,1-3H3,(H,19,20). The predicted octanol–water partition coefficient (Wildman–Crippen LogP) is 4.04.